The van der Waals surface area contributed by atoms with Gasteiger partial charge in [0, 0.05) is 17.8 Å². The van der Waals surface area contributed by atoms with Gasteiger partial charge < -0.3 is 10.3 Å². The van der Waals surface area contributed by atoms with Crippen LogP contribution in [0.5, 0.6) is 0 Å². The highest BCUT2D eigenvalue weighted by Crippen LogP contribution is 2.03. The minimum Gasteiger partial charge on any atom is -0.325 e. The molecule has 11 heavy (non-hydrogen) atoms. The van der Waals surface area contributed by atoms with E-state index in [4.69, 9.17) is 0 Å². The van der Waals surface area contributed by atoms with Gasteiger partial charge >= 0.3 is 0 Å². The molecule has 0 spiro atoms. The van der Waals surface area contributed by atoms with E-state index >= 15 is 0 Å². The van der Waals surface area contributed by atoms with Crippen molar-refractivity contribution in [3.8, 4) is 0 Å². The molecule has 3 heteroatoms. The Kier molecular flexibility index (Phi) is 2.44. The molecule has 1 rings (SSSR count). The molecule has 60 valence electrons. The number of H-pyrrole nitrogens is 1. The van der Waals surface area contributed by atoms with Crippen LogP contribution in [0, 0.1) is 0 Å². The Labute approximate surface area is 65.5 Å². The van der Waals surface area contributed by atoms with Gasteiger partial charge in [-0.15, -0.1) is 0 Å². The molecule has 0 bridgehead atoms. The van der Waals surface area contributed by atoms with Crippen molar-refractivity contribution < 1.29 is 0 Å². The van der Waals surface area contributed by atoms with Crippen molar-refractivity contribution in [2.45, 2.75) is 13.0 Å². The summed E-state index contributed by atoms with van der Waals surface area (Å²) in [5, 5.41) is 3.04. The summed E-state index contributed by atoms with van der Waals surface area (Å²) < 4.78 is 0. The first-order valence-electron chi connectivity index (χ1n) is 3.60. The van der Waals surface area contributed by atoms with Gasteiger partial charge in [0.05, 0.1) is 0 Å². The normalized spacial score (nSPS) is 12.9. The molecule has 0 amide bonds. The molecule has 1 heterocycles. The average molecular weight is 152 g/mol. The molecule has 0 aliphatic rings. The van der Waals surface area contributed by atoms with Crippen LogP contribution in [0.4, 0.5) is 0 Å². The first-order chi connectivity index (χ1) is 5.24. The molecular weight excluding hydrogens is 140 g/mol. The molecule has 0 saturated heterocycles. The predicted octanol–water partition coefficient (Wildman–Crippen LogP) is 0.655. The minimum atomic E-state index is -0.0513. The second-order valence-electron chi connectivity index (χ2n) is 2.48. The van der Waals surface area contributed by atoms with E-state index in [1.807, 2.05) is 20.0 Å². The fourth-order valence-electron chi connectivity index (χ4n) is 0.873. The van der Waals surface area contributed by atoms with E-state index < -0.39 is 0 Å². The second-order valence-corrected chi connectivity index (χ2v) is 2.48. The van der Waals surface area contributed by atoms with Crippen molar-refractivity contribution in [1.29, 1.82) is 0 Å². The highest BCUT2D eigenvalue weighted by atomic mass is 16.1. The lowest BCUT2D eigenvalue weighted by atomic mass is 10.2. The lowest BCUT2D eigenvalue weighted by Crippen LogP contribution is -2.17. The molecule has 1 aromatic rings. The molecule has 0 fully saturated rings. The second kappa shape index (κ2) is 3.34. The van der Waals surface area contributed by atoms with Crippen LogP contribution in [0.3, 0.4) is 0 Å². The Morgan fingerprint density at radius 2 is 2.27 bits per heavy atom. The first-order valence-corrected chi connectivity index (χ1v) is 3.60. The van der Waals surface area contributed by atoms with Crippen molar-refractivity contribution in [3.63, 3.8) is 0 Å². The zero-order valence-corrected chi connectivity index (χ0v) is 6.72. The van der Waals surface area contributed by atoms with Gasteiger partial charge in [-0.2, -0.15) is 0 Å². The monoisotopic (exact) mass is 152 g/mol. The van der Waals surface area contributed by atoms with Gasteiger partial charge in [0.2, 0.25) is 5.56 Å². The number of nitrogens with one attached hydrogen (secondary N) is 2. The summed E-state index contributed by atoms with van der Waals surface area (Å²) in [5.74, 6) is 0. The SMILES string of the molecule is CN[C@@H](C)c1cccc(=O)[nH]1. The minimum absolute atomic E-state index is 0.0513. The largest absolute Gasteiger partial charge is 0.325 e. The summed E-state index contributed by atoms with van der Waals surface area (Å²) in [6.07, 6.45) is 0. The van der Waals surface area contributed by atoms with E-state index in [0.717, 1.165) is 5.69 Å². The Balaban J connectivity index is 2.96. The summed E-state index contributed by atoms with van der Waals surface area (Å²) in [7, 11) is 1.86. The third-order valence-corrected chi connectivity index (χ3v) is 1.69. The average Bonchev–Trinajstić information content (AvgIpc) is 2.03. The van der Waals surface area contributed by atoms with E-state index in [9.17, 15) is 4.79 Å². The number of hydrogen-bond acceptors (Lipinski definition) is 2. The maximum atomic E-state index is 10.8. The first kappa shape index (κ1) is 8.01. The summed E-state index contributed by atoms with van der Waals surface area (Å²) >= 11 is 0. The van der Waals surface area contributed by atoms with Crippen LogP contribution in [-0.2, 0) is 0 Å². The zero-order valence-electron chi connectivity index (χ0n) is 6.72. The Morgan fingerprint density at radius 3 is 2.82 bits per heavy atom. The maximum Gasteiger partial charge on any atom is 0.248 e. The van der Waals surface area contributed by atoms with Crippen molar-refractivity contribution in [1.82, 2.24) is 10.3 Å². The molecule has 0 saturated carbocycles. The van der Waals surface area contributed by atoms with Crippen LogP contribution in [0.25, 0.3) is 0 Å². The summed E-state index contributed by atoms with van der Waals surface area (Å²) in [5.41, 5.74) is 0.865. The molecule has 3 nitrogen and oxygen atoms in total. The van der Waals surface area contributed by atoms with Gasteiger partial charge in [-0.05, 0) is 20.0 Å². The van der Waals surface area contributed by atoms with E-state index in [-0.39, 0.29) is 11.6 Å². The highest BCUT2D eigenvalue weighted by molar-refractivity contribution is 5.07. The molecule has 1 aromatic heterocycles. The lowest BCUT2D eigenvalue weighted by Gasteiger charge is -2.08. The highest BCUT2D eigenvalue weighted by Gasteiger charge is 2.00. The van der Waals surface area contributed by atoms with Gasteiger partial charge in [0.1, 0.15) is 0 Å². The number of pyridine rings is 1. The van der Waals surface area contributed by atoms with Crippen molar-refractivity contribution >= 4 is 0 Å². The molecule has 0 radical (unpaired) electrons. The maximum absolute atomic E-state index is 10.8. The standard InChI is InChI=1S/C8H12N2O/c1-6(9-2)7-4-3-5-8(11)10-7/h3-6,9H,1-2H3,(H,10,11)/t6-/m0/s1. The van der Waals surface area contributed by atoms with Gasteiger partial charge in [-0.25, -0.2) is 0 Å². The number of hydrogen-bond donors (Lipinski definition) is 2. The smallest absolute Gasteiger partial charge is 0.248 e. The van der Waals surface area contributed by atoms with Crippen LogP contribution >= 0.6 is 0 Å². The number of rotatable bonds is 2. The zero-order chi connectivity index (χ0) is 8.27. The molecule has 0 aliphatic heterocycles. The molecular formula is C8H12N2O. The van der Waals surface area contributed by atoms with Crippen molar-refractivity contribution in [2.75, 3.05) is 7.05 Å². The number of aromatic amines is 1. The fraction of sp³-hybridized carbons (Fsp3) is 0.375. The quantitative estimate of drug-likeness (QED) is 0.653. The van der Waals surface area contributed by atoms with Crippen LogP contribution in [0.1, 0.15) is 18.7 Å². The van der Waals surface area contributed by atoms with Crippen LogP contribution in [-0.4, -0.2) is 12.0 Å². The van der Waals surface area contributed by atoms with Crippen LogP contribution in [0.2, 0.25) is 0 Å². The molecule has 2 N–H and O–H groups in total. The van der Waals surface area contributed by atoms with Crippen LogP contribution < -0.4 is 10.9 Å². The van der Waals surface area contributed by atoms with Gasteiger partial charge in [-0.1, -0.05) is 6.07 Å². The number of aromatic nitrogens is 1. The van der Waals surface area contributed by atoms with Crippen molar-refractivity contribution in [3.05, 3.63) is 34.2 Å². The topological polar surface area (TPSA) is 44.9 Å². The predicted molar refractivity (Wildman–Crippen MR) is 44.5 cm³/mol. The van der Waals surface area contributed by atoms with E-state index in [1.54, 1.807) is 6.07 Å². The summed E-state index contributed by atoms with van der Waals surface area (Å²) in [6.45, 7) is 1.99. The third-order valence-electron chi connectivity index (χ3n) is 1.69. The molecule has 0 aromatic carbocycles. The Morgan fingerprint density at radius 1 is 1.55 bits per heavy atom. The molecule has 0 unspecified atom stereocenters. The van der Waals surface area contributed by atoms with Crippen molar-refractivity contribution in [2.24, 2.45) is 0 Å². The molecule has 0 aliphatic carbocycles. The van der Waals surface area contributed by atoms with Gasteiger partial charge in [-0.3, -0.25) is 4.79 Å². The summed E-state index contributed by atoms with van der Waals surface area (Å²) in [6, 6.07) is 5.35. The van der Waals surface area contributed by atoms with E-state index in [1.165, 1.54) is 6.07 Å². The fourth-order valence-corrected chi connectivity index (χ4v) is 0.873. The molecule has 1 atom stereocenters. The van der Waals surface area contributed by atoms with Crippen LogP contribution in [0.15, 0.2) is 23.0 Å². The summed E-state index contributed by atoms with van der Waals surface area (Å²) in [4.78, 5) is 13.6. The Bertz CT molecular complexity index is 279. The van der Waals surface area contributed by atoms with E-state index in [2.05, 4.69) is 10.3 Å². The lowest BCUT2D eigenvalue weighted by molar-refractivity contribution is 0.631. The van der Waals surface area contributed by atoms with Gasteiger partial charge in [0.15, 0.2) is 0 Å². The third kappa shape index (κ3) is 1.91. The Hall–Kier alpha value is -1.09. The van der Waals surface area contributed by atoms with Gasteiger partial charge in [0.25, 0.3) is 0 Å². The van der Waals surface area contributed by atoms with E-state index in [0.29, 0.717) is 0 Å².